The van der Waals surface area contributed by atoms with E-state index in [0.717, 1.165) is 53.9 Å². The summed E-state index contributed by atoms with van der Waals surface area (Å²) in [6.45, 7) is 8.19. The van der Waals surface area contributed by atoms with Crippen molar-refractivity contribution < 1.29 is 4.79 Å². The molecule has 0 bridgehead atoms. The van der Waals surface area contributed by atoms with Crippen LogP contribution in [0, 0.1) is 13.8 Å². The third-order valence-electron chi connectivity index (χ3n) is 7.57. The second-order valence-corrected chi connectivity index (χ2v) is 10.0. The summed E-state index contributed by atoms with van der Waals surface area (Å²) in [7, 11) is 0. The number of hydrogen-bond donors (Lipinski definition) is 2. The van der Waals surface area contributed by atoms with Crippen LogP contribution in [-0.2, 0) is 4.79 Å². The van der Waals surface area contributed by atoms with E-state index in [2.05, 4.69) is 78.4 Å². The van der Waals surface area contributed by atoms with Crippen molar-refractivity contribution in [1.82, 2.24) is 19.9 Å². The fraction of sp³-hybridized carbons (Fsp3) is 0.367. The first-order valence-electron chi connectivity index (χ1n) is 13.0. The van der Waals surface area contributed by atoms with Gasteiger partial charge in [-0.05, 0) is 57.6 Å². The number of rotatable bonds is 6. The molecule has 5 rings (SSSR count). The number of anilines is 1. The highest BCUT2D eigenvalue weighted by atomic mass is 16.1. The molecule has 1 unspecified atom stereocenters. The van der Waals surface area contributed by atoms with E-state index >= 15 is 0 Å². The second kappa shape index (κ2) is 10.1. The third kappa shape index (κ3) is 4.72. The Morgan fingerprint density at radius 1 is 0.917 bits per heavy atom. The summed E-state index contributed by atoms with van der Waals surface area (Å²) in [4.78, 5) is 21.7. The first-order valence-corrected chi connectivity index (χ1v) is 13.0. The Morgan fingerprint density at radius 3 is 2.17 bits per heavy atom. The maximum Gasteiger partial charge on any atom is 0.217 e. The molecule has 6 nitrogen and oxygen atoms in total. The van der Waals surface area contributed by atoms with Crippen LogP contribution < -0.4 is 10.6 Å². The molecule has 0 aliphatic heterocycles. The van der Waals surface area contributed by atoms with Crippen molar-refractivity contribution in [2.24, 2.45) is 0 Å². The van der Waals surface area contributed by atoms with Gasteiger partial charge < -0.3 is 15.2 Å². The number of amides is 1. The highest BCUT2D eigenvalue weighted by Crippen LogP contribution is 2.36. The van der Waals surface area contributed by atoms with Gasteiger partial charge in [0.1, 0.15) is 11.5 Å². The summed E-state index contributed by atoms with van der Waals surface area (Å²) in [5.41, 5.74) is 5.64. The van der Waals surface area contributed by atoms with Crippen molar-refractivity contribution in [1.29, 1.82) is 0 Å². The molecule has 0 radical (unpaired) electrons. The molecule has 0 saturated heterocycles. The van der Waals surface area contributed by atoms with Crippen LogP contribution in [0.4, 0.5) is 5.82 Å². The van der Waals surface area contributed by atoms with E-state index in [4.69, 9.17) is 9.97 Å². The number of aryl methyl sites for hydroxylation is 1. The lowest BCUT2D eigenvalue weighted by molar-refractivity contribution is -0.119. The zero-order chi connectivity index (χ0) is 25.2. The molecule has 2 N–H and O–H groups in total. The Kier molecular flexibility index (Phi) is 6.77. The number of nitrogens with zero attached hydrogens (tertiary/aromatic N) is 3. The SMILES string of the molecule is CC(=O)NC1CCC(Nc2nc(-c3ccccc3)nc3c2c(C)c(C)n3C(C)c2ccccc2)CC1. The number of hydrogen-bond acceptors (Lipinski definition) is 4. The molecule has 1 aliphatic carbocycles. The van der Waals surface area contributed by atoms with Crippen molar-refractivity contribution in [3.05, 3.63) is 77.5 Å². The minimum atomic E-state index is 0.0522. The lowest BCUT2D eigenvalue weighted by atomic mass is 9.91. The Balaban J connectivity index is 1.58. The third-order valence-corrected chi connectivity index (χ3v) is 7.57. The Hall–Kier alpha value is -3.67. The van der Waals surface area contributed by atoms with Gasteiger partial charge in [-0.15, -0.1) is 0 Å². The van der Waals surface area contributed by atoms with E-state index in [1.807, 2.05) is 18.2 Å². The molecule has 186 valence electrons. The maximum absolute atomic E-state index is 11.5. The van der Waals surface area contributed by atoms with Crippen LogP contribution in [-0.4, -0.2) is 32.5 Å². The predicted molar refractivity (Wildman–Crippen MR) is 146 cm³/mol. The molecular formula is C30H35N5O. The average molecular weight is 482 g/mol. The minimum absolute atomic E-state index is 0.0522. The first kappa shape index (κ1) is 24.0. The van der Waals surface area contributed by atoms with E-state index in [1.54, 1.807) is 6.92 Å². The van der Waals surface area contributed by atoms with Gasteiger partial charge in [0.15, 0.2) is 5.82 Å². The molecule has 2 heterocycles. The van der Waals surface area contributed by atoms with Gasteiger partial charge in [-0.1, -0.05) is 60.7 Å². The van der Waals surface area contributed by atoms with Gasteiger partial charge in [-0.2, -0.15) is 0 Å². The summed E-state index contributed by atoms with van der Waals surface area (Å²) < 4.78 is 2.35. The fourth-order valence-electron chi connectivity index (χ4n) is 5.53. The smallest absolute Gasteiger partial charge is 0.217 e. The summed E-state index contributed by atoms with van der Waals surface area (Å²) in [5.74, 6) is 1.69. The van der Waals surface area contributed by atoms with E-state index in [9.17, 15) is 4.79 Å². The number of carbonyl (C=O) groups excluding carboxylic acids is 1. The van der Waals surface area contributed by atoms with Crippen molar-refractivity contribution in [3.8, 4) is 11.4 Å². The van der Waals surface area contributed by atoms with Gasteiger partial charge in [0.2, 0.25) is 5.91 Å². The largest absolute Gasteiger partial charge is 0.367 e. The van der Waals surface area contributed by atoms with E-state index < -0.39 is 0 Å². The van der Waals surface area contributed by atoms with Crippen molar-refractivity contribution >= 4 is 22.8 Å². The Bertz CT molecular complexity index is 1350. The molecular weight excluding hydrogens is 446 g/mol. The molecule has 6 heteroatoms. The van der Waals surface area contributed by atoms with E-state index in [-0.39, 0.29) is 18.0 Å². The monoisotopic (exact) mass is 481 g/mol. The van der Waals surface area contributed by atoms with Gasteiger partial charge in [0.05, 0.1) is 11.4 Å². The number of nitrogens with one attached hydrogen (secondary N) is 2. The molecule has 2 aromatic heterocycles. The van der Waals surface area contributed by atoms with Crippen LogP contribution in [0.15, 0.2) is 60.7 Å². The number of aromatic nitrogens is 3. The highest BCUT2D eigenvalue weighted by molar-refractivity contribution is 5.93. The lowest BCUT2D eigenvalue weighted by Gasteiger charge is -2.30. The van der Waals surface area contributed by atoms with E-state index in [0.29, 0.717) is 6.04 Å². The molecule has 0 spiro atoms. The van der Waals surface area contributed by atoms with Crippen molar-refractivity contribution in [2.75, 3.05) is 5.32 Å². The topological polar surface area (TPSA) is 71.8 Å². The molecule has 2 aromatic carbocycles. The molecule has 1 fully saturated rings. The van der Waals surface area contributed by atoms with Gasteiger partial charge in [0, 0.05) is 30.3 Å². The lowest BCUT2D eigenvalue weighted by Crippen LogP contribution is -2.39. The summed E-state index contributed by atoms with van der Waals surface area (Å²) >= 11 is 0. The van der Waals surface area contributed by atoms with Crippen LogP contribution in [0.25, 0.3) is 22.4 Å². The Labute approximate surface area is 213 Å². The normalized spacial score (nSPS) is 18.7. The highest BCUT2D eigenvalue weighted by Gasteiger charge is 2.26. The average Bonchev–Trinajstić information content (AvgIpc) is 3.15. The van der Waals surface area contributed by atoms with Crippen molar-refractivity contribution in [3.63, 3.8) is 0 Å². The maximum atomic E-state index is 11.5. The molecule has 1 aliphatic rings. The summed E-state index contributed by atoms with van der Waals surface area (Å²) in [5, 5.41) is 7.97. The quantitative estimate of drug-likeness (QED) is 0.345. The van der Waals surface area contributed by atoms with Crippen LogP contribution in [0.3, 0.4) is 0 Å². The van der Waals surface area contributed by atoms with Crippen LogP contribution in [0.5, 0.6) is 0 Å². The minimum Gasteiger partial charge on any atom is -0.367 e. The fourth-order valence-corrected chi connectivity index (χ4v) is 5.53. The first-order chi connectivity index (χ1) is 17.4. The number of carbonyl (C=O) groups is 1. The second-order valence-electron chi connectivity index (χ2n) is 10.0. The van der Waals surface area contributed by atoms with Gasteiger partial charge >= 0.3 is 0 Å². The molecule has 36 heavy (non-hydrogen) atoms. The standard InChI is InChI=1S/C30H35N5O/c1-19-20(2)35(21(3)23-11-7-5-8-12-23)30-27(19)29(33-28(34-30)24-13-9-6-10-14-24)32-26-17-15-25(16-18-26)31-22(4)36/h5-14,21,25-26H,15-18H2,1-4H3,(H,31,36)(H,32,33,34). The predicted octanol–water partition coefficient (Wildman–Crippen LogP) is 6.18. The zero-order valence-corrected chi connectivity index (χ0v) is 21.6. The number of benzene rings is 2. The van der Waals surface area contributed by atoms with Crippen LogP contribution >= 0.6 is 0 Å². The molecule has 1 atom stereocenters. The summed E-state index contributed by atoms with van der Waals surface area (Å²) in [6, 6.07) is 21.5. The number of fused-ring (bicyclic) bond motifs is 1. The van der Waals surface area contributed by atoms with Crippen molar-refractivity contribution in [2.45, 2.75) is 71.5 Å². The zero-order valence-electron chi connectivity index (χ0n) is 21.6. The molecule has 1 amide bonds. The Morgan fingerprint density at radius 2 is 1.53 bits per heavy atom. The molecule has 4 aromatic rings. The van der Waals surface area contributed by atoms with Crippen LogP contribution in [0.2, 0.25) is 0 Å². The van der Waals surface area contributed by atoms with Crippen LogP contribution in [0.1, 0.15) is 62.4 Å². The van der Waals surface area contributed by atoms with Gasteiger partial charge in [0.25, 0.3) is 0 Å². The molecule has 1 saturated carbocycles. The summed E-state index contributed by atoms with van der Waals surface area (Å²) in [6.07, 6.45) is 3.94. The van der Waals surface area contributed by atoms with E-state index in [1.165, 1.54) is 16.8 Å². The van der Waals surface area contributed by atoms with Gasteiger partial charge in [-0.25, -0.2) is 9.97 Å². The van der Waals surface area contributed by atoms with Gasteiger partial charge in [-0.3, -0.25) is 4.79 Å².